The van der Waals surface area contributed by atoms with Gasteiger partial charge >= 0.3 is 0 Å². The molecule has 84 valence electrons. The van der Waals surface area contributed by atoms with Gasteiger partial charge in [-0.1, -0.05) is 15.9 Å². The molecule has 0 radical (unpaired) electrons. The number of amides is 1. The van der Waals surface area contributed by atoms with E-state index in [0.29, 0.717) is 17.4 Å². The van der Waals surface area contributed by atoms with Crippen molar-refractivity contribution in [3.05, 3.63) is 22.4 Å². The van der Waals surface area contributed by atoms with Crippen LogP contribution in [-0.2, 0) is 0 Å². The maximum absolute atomic E-state index is 12.2. The van der Waals surface area contributed by atoms with Crippen LogP contribution in [0.25, 0.3) is 0 Å². The van der Waals surface area contributed by atoms with Crippen molar-refractivity contribution in [3.8, 4) is 0 Å². The second-order valence-electron chi connectivity index (χ2n) is 2.84. The van der Waals surface area contributed by atoms with Crippen LogP contribution in [0.15, 0.2) is 16.8 Å². The highest BCUT2D eigenvalue weighted by Gasteiger charge is 2.19. The number of nitrogens with zero attached hydrogens (tertiary/aromatic N) is 1. The molecule has 1 heterocycles. The van der Waals surface area contributed by atoms with Gasteiger partial charge in [-0.25, -0.2) is 8.78 Å². The van der Waals surface area contributed by atoms with Gasteiger partial charge in [-0.15, -0.1) is 0 Å². The third-order valence-electron chi connectivity index (χ3n) is 1.77. The Morgan fingerprint density at radius 3 is 2.80 bits per heavy atom. The third kappa shape index (κ3) is 3.87. The van der Waals surface area contributed by atoms with Crippen LogP contribution in [0.2, 0.25) is 0 Å². The van der Waals surface area contributed by atoms with E-state index in [9.17, 15) is 13.6 Å². The number of rotatable bonds is 5. The molecule has 0 aromatic carbocycles. The minimum Gasteiger partial charge on any atom is -0.332 e. The SMILES string of the molecule is O=C(c1ccsc1)N(CCBr)CC(F)F. The summed E-state index contributed by atoms with van der Waals surface area (Å²) in [4.78, 5) is 12.9. The van der Waals surface area contributed by atoms with Crippen LogP contribution in [0.3, 0.4) is 0 Å². The first-order valence-electron chi connectivity index (χ1n) is 4.30. The number of carbonyl (C=O) groups is 1. The zero-order valence-corrected chi connectivity index (χ0v) is 10.2. The molecule has 0 fully saturated rings. The van der Waals surface area contributed by atoms with Gasteiger partial charge in [0.1, 0.15) is 0 Å². The summed E-state index contributed by atoms with van der Waals surface area (Å²) in [7, 11) is 0. The molecule has 1 amide bonds. The van der Waals surface area contributed by atoms with Crippen molar-refractivity contribution in [1.29, 1.82) is 0 Å². The van der Waals surface area contributed by atoms with Gasteiger partial charge in [0.2, 0.25) is 0 Å². The topological polar surface area (TPSA) is 20.3 Å². The van der Waals surface area contributed by atoms with Crippen molar-refractivity contribution in [3.63, 3.8) is 0 Å². The predicted molar refractivity (Wildman–Crippen MR) is 60.0 cm³/mol. The van der Waals surface area contributed by atoms with Gasteiger partial charge < -0.3 is 4.90 Å². The van der Waals surface area contributed by atoms with Gasteiger partial charge in [0.05, 0.1) is 12.1 Å². The standard InChI is InChI=1S/C9H10BrF2NOS/c10-2-3-13(5-8(11)12)9(14)7-1-4-15-6-7/h1,4,6,8H,2-3,5H2. The molecule has 1 rings (SSSR count). The first-order chi connectivity index (χ1) is 7.15. The number of halogens is 3. The number of thiophene rings is 1. The van der Waals surface area contributed by atoms with Crippen molar-refractivity contribution in [2.45, 2.75) is 6.43 Å². The Kier molecular flexibility index (Phi) is 5.17. The molecule has 0 spiro atoms. The predicted octanol–water partition coefficient (Wildman–Crippen LogP) is 2.85. The van der Waals surface area contributed by atoms with Crippen LogP contribution in [0.5, 0.6) is 0 Å². The minimum atomic E-state index is -2.49. The van der Waals surface area contributed by atoms with E-state index in [-0.39, 0.29) is 5.91 Å². The molecule has 0 saturated carbocycles. The van der Waals surface area contributed by atoms with Crippen molar-refractivity contribution in [1.82, 2.24) is 4.90 Å². The van der Waals surface area contributed by atoms with E-state index < -0.39 is 13.0 Å². The summed E-state index contributed by atoms with van der Waals surface area (Å²) >= 11 is 4.51. The molecule has 0 bridgehead atoms. The fraction of sp³-hybridized carbons (Fsp3) is 0.444. The van der Waals surface area contributed by atoms with Crippen molar-refractivity contribution >= 4 is 33.2 Å². The van der Waals surface area contributed by atoms with E-state index in [1.165, 1.54) is 11.3 Å². The normalized spacial score (nSPS) is 10.7. The Hall–Kier alpha value is -0.490. The average Bonchev–Trinajstić information content (AvgIpc) is 2.68. The summed E-state index contributed by atoms with van der Waals surface area (Å²) in [5.74, 6) is -0.337. The molecule has 0 aliphatic carbocycles. The largest absolute Gasteiger partial charge is 0.332 e. The lowest BCUT2D eigenvalue weighted by atomic mass is 10.3. The van der Waals surface area contributed by atoms with Gasteiger partial charge in [-0.2, -0.15) is 11.3 Å². The van der Waals surface area contributed by atoms with Crippen molar-refractivity contribution in [2.75, 3.05) is 18.4 Å². The lowest BCUT2D eigenvalue weighted by Crippen LogP contribution is -2.36. The molecule has 15 heavy (non-hydrogen) atoms. The highest BCUT2D eigenvalue weighted by atomic mass is 79.9. The van der Waals surface area contributed by atoms with Crippen LogP contribution >= 0.6 is 27.3 Å². The average molecular weight is 298 g/mol. The van der Waals surface area contributed by atoms with Crippen LogP contribution < -0.4 is 0 Å². The molecule has 0 unspecified atom stereocenters. The first kappa shape index (κ1) is 12.6. The lowest BCUT2D eigenvalue weighted by Gasteiger charge is -2.20. The van der Waals surface area contributed by atoms with E-state index in [2.05, 4.69) is 15.9 Å². The van der Waals surface area contributed by atoms with Gasteiger partial charge in [0.25, 0.3) is 12.3 Å². The lowest BCUT2D eigenvalue weighted by molar-refractivity contribution is 0.0573. The van der Waals surface area contributed by atoms with E-state index in [0.717, 1.165) is 4.90 Å². The van der Waals surface area contributed by atoms with E-state index in [4.69, 9.17) is 0 Å². The molecule has 0 aliphatic heterocycles. The molecular formula is C9H10BrF2NOS. The highest BCUT2D eigenvalue weighted by molar-refractivity contribution is 9.09. The zero-order valence-electron chi connectivity index (χ0n) is 7.83. The summed E-state index contributed by atoms with van der Waals surface area (Å²) in [6.07, 6.45) is -2.49. The fourth-order valence-corrected chi connectivity index (χ4v) is 2.17. The minimum absolute atomic E-state index is 0.291. The van der Waals surface area contributed by atoms with E-state index in [1.807, 2.05) is 0 Å². The zero-order chi connectivity index (χ0) is 11.3. The summed E-state index contributed by atoms with van der Waals surface area (Å²) in [6.45, 7) is -0.223. The number of alkyl halides is 3. The van der Waals surface area contributed by atoms with Gasteiger partial charge in [0.15, 0.2) is 0 Å². The Bertz CT molecular complexity index is 305. The number of carbonyl (C=O) groups excluding carboxylic acids is 1. The van der Waals surface area contributed by atoms with Crippen molar-refractivity contribution < 1.29 is 13.6 Å². The Morgan fingerprint density at radius 1 is 1.60 bits per heavy atom. The van der Waals surface area contributed by atoms with Crippen molar-refractivity contribution in [2.24, 2.45) is 0 Å². The Balaban J connectivity index is 2.67. The second kappa shape index (κ2) is 6.17. The molecule has 0 atom stereocenters. The Morgan fingerprint density at radius 2 is 2.33 bits per heavy atom. The van der Waals surface area contributed by atoms with E-state index in [1.54, 1.807) is 16.8 Å². The quantitative estimate of drug-likeness (QED) is 0.766. The first-order valence-corrected chi connectivity index (χ1v) is 6.37. The van der Waals surface area contributed by atoms with Crippen LogP contribution in [0, 0.1) is 0 Å². The summed E-state index contributed by atoms with van der Waals surface area (Å²) in [5.41, 5.74) is 0.474. The molecule has 0 N–H and O–H groups in total. The summed E-state index contributed by atoms with van der Waals surface area (Å²) in [5, 5.41) is 3.91. The molecule has 1 aromatic heterocycles. The van der Waals surface area contributed by atoms with Gasteiger partial charge in [-0.05, 0) is 11.4 Å². The maximum Gasteiger partial charge on any atom is 0.255 e. The Labute approximate surface area is 99.0 Å². The van der Waals surface area contributed by atoms with E-state index >= 15 is 0 Å². The maximum atomic E-state index is 12.2. The molecule has 6 heteroatoms. The molecule has 1 aromatic rings. The third-order valence-corrected chi connectivity index (χ3v) is 2.81. The second-order valence-corrected chi connectivity index (χ2v) is 4.42. The molecular weight excluding hydrogens is 288 g/mol. The van der Waals surface area contributed by atoms with Gasteiger partial charge in [0, 0.05) is 17.3 Å². The number of hydrogen-bond donors (Lipinski definition) is 0. The highest BCUT2D eigenvalue weighted by Crippen LogP contribution is 2.11. The smallest absolute Gasteiger partial charge is 0.255 e. The molecule has 0 saturated heterocycles. The number of hydrogen-bond acceptors (Lipinski definition) is 2. The van der Waals surface area contributed by atoms with Crippen LogP contribution in [0.4, 0.5) is 8.78 Å². The monoisotopic (exact) mass is 297 g/mol. The van der Waals surface area contributed by atoms with Crippen LogP contribution in [-0.4, -0.2) is 35.7 Å². The molecule has 0 aliphatic rings. The van der Waals surface area contributed by atoms with Crippen LogP contribution in [0.1, 0.15) is 10.4 Å². The fourth-order valence-electron chi connectivity index (χ4n) is 1.11. The summed E-state index contributed by atoms with van der Waals surface area (Å²) in [6, 6.07) is 1.64. The molecule has 2 nitrogen and oxygen atoms in total. The summed E-state index contributed by atoms with van der Waals surface area (Å²) < 4.78 is 24.4. The van der Waals surface area contributed by atoms with Gasteiger partial charge in [-0.3, -0.25) is 4.79 Å².